The fourth-order valence-electron chi connectivity index (χ4n) is 3.25. The monoisotopic (exact) mass is 510 g/mol. The van der Waals surface area contributed by atoms with E-state index in [1.54, 1.807) is 12.1 Å². The Bertz CT molecular complexity index is 1000. The first-order valence-electron chi connectivity index (χ1n) is 10.2. The molecule has 2 aromatic rings. The Kier molecular flexibility index (Phi) is 8.10. The number of rotatable bonds is 9. The molecule has 2 N–H and O–H groups in total. The van der Waals surface area contributed by atoms with Crippen molar-refractivity contribution >= 4 is 37.5 Å². The molecule has 0 aliphatic carbocycles. The first-order valence-corrected chi connectivity index (χ1v) is 12.5. The van der Waals surface area contributed by atoms with Gasteiger partial charge in [0.25, 0.3) is 5.91 Å². The van der Waals surface area contributed by atoms with Gasteiger partial charge in [0.05, 0.1) is 11.0 Å². The van der Waals surface area contributed by atoms with Gasteiger partial charge in [-0.2, -0.15) is 0 Å². The Morgan fingerprint density at radius 2 is 1.97 bits per heavy atom. The topological polar surface area (TPSA) is 93.7 Å². The largest absolute Gasteiger partial charge is 0.483 e. The smallest absolute Gasteiger partial charge is 0.262 e. The van der Waals surface area contributed by atoms with E-state index < -0.39 is 10.0 Å². The fourth-order valence-corrected chi connectivity index (χ4v) is 4.70. The molecule has 0 spiro atoms. The zero-order valence-electron chi connectivity index (χ0n) is 17.6. The van der Waals surface area contributed by atoms with Crippen molar-refractivity contribution in [1.82, 2.24) is 4.72 Å². The van der Waals surface area contributed by atoms with Gasteiger partial charge in [-0.1, -0.05) is 29.8 Å². The van der Waals surface area contributed by atoms with Crippen LogP contribution in [0.15, 0.2) is 51.8 Å². The first-order chi connectivity index (χ1) is 14.7. The van der Waals surface area contributed by atoms with Crippen molar-refractivity contribution in [2.45, 2.75) is 43.6 Å². The third-order valence-electron chi connectivity index (χ3n) is 4.93. The van der Waals surface area contributed by atoms with Gasteiger partial charge in [-0.05, 0) is 66.8 Å². The van der Waals surface area contributed by atoms with E-state index in [9.17, 15) is 13.2 Å². The highest BCUT2D eigenvalue weighted by Crippen LogP contribution is 2.29. The van der Waals surface area contributed by atoms with E-state index >= 15 is 0 Å². The quantitative estimate of drug-likeness (QED) is 0.530. The standard InChI is InChI=1S/C22H27BrN2O5S/c1-15(2)20-12-16(23)5-10-21(20)30-14-22(26)25-17-6-8-19(9-7-17)31(27,28)24-13-18-4-3-11-29-18/h5-10,12,15,18,24H,3-4,11,13-14H2,1-2H3,(H,25,26). The number of amides is 1. The summed E-state index contributed by atoms with van der Waals surface area (Å²) in [6.45, 7) is 4.89. The number of hydrogen-bond acceptors (Lipinski definition) is 5. The van der Waals surface area contributed by atoms with Gasteiger partial charge in [0, 0.05) is 23.3 Å². The molecule has 0 bridgehead atoms. The SMILES string of the molecule is CC(C)c1cc(Br)ccc1OCC(=O)Nc1ccc(S(=O)(=O)NCC2CCCO2)cc1. The van der Waals surface area contributed by atoms with E-state index in [2.05, 4.69) is 39.8 Å². The highest BCUT2D eigenvalue weighted by molar-refractivity contribution is 9.10. The number of hydrogen-bond donors (Lipinski definition) is 2. The van der Waals surface area contributed by atoms with Crippen LogP contribution < -0.4 is 14.8 Å². The molecule has 1 saturated heterocycles. The summed E-state index contributed by atoms with van der Waals surface area (Å²) >= 11 is 3.45. The summed E-state index contributed by atoms with van der Waals surface area (Å²) in [6.07, 6.45) is 1.73. The summed E-state index contributed by atoms with van der Waals surface area (Å²) < 4.78 is 39.5. The predicted molar refractivity (Wildman–Crippen MR) is 123 cm³/mol. The summed E-state index contributed by atoms with van der Waals surface area (Å²) in [5, 5.41) is 2.72. The number of benzene rings is 2. The average molecular weight is 511 g/mol. The van der Waals surface area contributed by atoms with Crippen LogP contribution in [0.2, 0.25) is 0 Å². The van der Waals surface area contributed by atoms with E-state index in [1.165, 1.54) is 12.1 Å². The zero-order valence-corrected chi connectivity index (χ0v) is 20.0. The molecule has 1 atom stereocenters. The van der Waals surface area contributed by atoms with Gasteiger partial charge < -0.3 is 14.8 Å². The van der Waals surface area contributed by atoms with Crippen molar-refractivity contribution in [2.75, 3.05) is 25.1 Å². The summed E-state index contributed by atoms with van der Waals surface area (Å²) in [5.74, 6) is 0.579. The van der Waals surface area contributed by atoms with E-state index in [0.29, 0.717) is 18.0 Å². The van der Waals surface area contributed by atoms with Crippen LogP contribution in [-0.2, 0) is 19.6 Å². The highest BCUT2D eigenvalue weighted by Gasteiger charge is 2.20. The molecule has 168 valence electrons. The normalized spacial score (nSPS) is 16.5. The predicted octanol–water partition coefficient (Wildman–Crippen LogP) is 4.05. The number of carbonyl (C=O) groups is 1. The van der Waals surface area contributed by atoms with Crippen molar-refractivity contribution in [2.24, 2.45) is 0 Å². The second kappa shape index (κ2) is 10.6. The molecule has 1 fully saturated rings. The lowest BCUT2D eigenvalue weighted by molar-refractivity contribution is -0.118. The van der Waals surface area contributed by atoms with Crippen LogP contribution in [0.3, 0.4) is 0 Å². The average Bonchev–Trinajstić information content (AvgIpc) is 3.25. The fraction of sp³-hybridized carbons (Fsp3) is 0.409. The molecule has 1 amide bonds. The van der Waals surface area contributed by atoms with Crippen LogP contribution in [0, 0.1) is 0 Å². The van der Waals surface area contributed by atoms with Crippen molar-refractivity contribution < 1.29 is 22.7 Å². The van der Waals surface area contributed by atoms with Crippen LogP contribution in [0.1, 0.15) is 38.2 Å². The summed E-state index contributed by atoms with van der Waals surface area (Å²) in [6, 6.07) is 11.7. The zero-order chi connectivity index (χ0) is 22.4. The van der Waals surface area contributed by atoms with Gasteiger partial charge in [0.1, 0.15) is 5.75 Å². The van der Waals surface area contributed by atoms with Crippen LogP contribution in [0.25, 0.3) is 0 Å². The minimum atomic E-state index is -3.63. The molecule has 0 saturated carbocycles. The number of anilines is 1. The minimum absolute atomic E-state index is 0.0738. The second-order valence-electron chi connectivity index (χ2n) is 7.69. The van der Waals surface area contributed by atoms with Crippen molar-refractivity contribution in [3.05, 3.63) is 52.5 Å². The van der Waals surface area contributed by atoms with E-state index in [0.717, 1.165) is 22.9 Å². The van der Waals surface area contributed by atoms with Gasteiger partial charge in [0.15, 0.2) is 6.61 Å². The van der Waals surface area contributed by atoms with Crippen molar-refractivity contribution in [1.29, 1.82) is 0 Å². The first kappa shape index (κ1) is 23.7. The lowest BCUT2D eigenvalue weighted by atomic mass is 10.0. The number of halogens is 1. The van der Waals surface area contributed by atoms with Crippen LogP contribution >= 0.6 is 15.9 Å². The Morgan fingerprint density at radius 1 is 1.23 bits per heavy atom. The number of ether oxygens (including phenoxy) is 2. The lowest BCUT2D eigenvalue weighted by Crippen LogP contribution is -2.31. The molecule has 0 aromatic heterocycles. The summed E-state index contributed by atoms with van der Waals surface area (Å²) in [7, 11) is -3.63. The molecular weight excluding hydrogens is 484 g/mol. The van der Waals surface area contributed by atoms with Gasteiger partial charge >= 0.3 is 0 Å². The molecule has 1 aliphatic heterocycles. The third-order valence-corrected chi connectivity index (χ3v) is 6.86. The molecule has 1 unspecified atom stereocenters. The lowest BCUT2D eigenvalue weighted by Gasteiger charge is -2.14. The molecule has 31 heavy (non-hydrogen) atoms. The Morgan fingerprint density at radius 3 is 2.61 bits per heavy atom. The van der Waals surface area contributed by atoms with Crippen molar-refractivity contribution in [3.8, 4) is 5.75 Å². The number of nitrogens with one attached hydrogen (secondary N) is 2. The molecular formula is C22H27BrN2O5S. The van der Waals surface area contributed by atoms with Crippen LogP contribution in [0.4, 0.5) is 5.69 Å². The molecule has 1 heterocycles. The maximum atomic E-state index is 12.4. The number of sulfonamides is 1. The Balaban J connectivity index is 1.54. The van der Waals surface area contributed by atoms with Gasteiger partial charge in [-0.15, -0.1) is 0 Å². The molecule has 0 radical (unpaired) electrons. The summed E-state index contributed by atoms with van der Waals surface area (Å²) in [4.78, 5) is 12.4. The van der Waals surface area contributed by atoms with E-state index in [-0.39, 0.29) is 36.0 Å². The maximum Gasteiger partial charge on any atom is 0.262 e. The van der Waals surface area contributed by atoms with Crippen LogP contribution in [-0.4, -0.2) is 40.2 Å². The molecule has 7 nitrogen and oxygen atoms in total. The number of carbonyl (C=O) groups excluding carboxylic acids is 1. The van der Waals surface area contributed by atoms with Crippen molar-refractivity contribution in [3.63, 3.8) is 0 Å². The third kappa shape index (κ3) is 6.77. The second-order valence-corrected chi connectivity index (χ2v) is 10.4. The van der Waals surface area contributed by atoms with E-state index in [1.807, 2.05) is 18.2 Å². The van der Waals surface area contributed by atoms with Crippen LogP contribution in [0.5, 0.6) is 5.75 Å². The van der Waals surface area contributed by atoms with Gasteiger partial charge in [-0.25, -0.2) is 13.1 Å². The Hall–Kier alpha value is -1.94. The molecule has 9 heteroatoms. The molecule has 2 aromatic carbocycles. The highest BCUT2D eigenvalue weighted by atomic mass is 79.9. The van der Waals surface area contributed by atoms with E-state index in [4.69, 9.17) is 9.47 Å². The Labute approximate surface area is 191 Å². The van der Waals surface area contributed by atoms with Gasteiger partial charge in [-0.3, -0.25) is 4.79 Å². The minimum Gasteiger partial charge on any atom is -0.483 e. The molecule has 1 aliphatic rings. The van der Waals surface area contributed by atoms with Gasteiger partial charge in [0.2, 0.25) is 10.0 Å². The summed E-state index contributed by atoms with van der Waals surface area (Å²) in [5.41, 5.74) is 1.50. The maximum absolute atomic E-state index is 12.4. The molecule has 3 rings (SSSR count).